The van der Waals surface area contributed by atoms with E-state index in [9.17, 15) is 4.79 Å². The van der Waals surface area contributed by atoms with Crippen LogP contribution in [0, 0.1) is 0 Å². The van der Waals surface area contributed by atoms with E-state index in [2.05, 4.69) is 15.3 Å². The van der Waals surface area contributed by atoms with Gasteiger partial charge in [-0.1, -0.05) is 42.5 Å². The molecule has 28 heavy (non-hydrogen) atoms. The second-order valence-electron chi connectivity index (χ2n) is 6.39. The zero-order chi connectivity index (χ0) is 18.9. The van der Waals surface area contributed by atoms with Gasteiger partial charge in [0.15, 0.2) is 5.58 Å². The van der Waals surface area contributed by atoms with Gasteiger partial charge in [-0.2, -0.15) is 0 Å². The maximum absolute atomic E-state index is 12.6. The van der Waals surface area contributed by atoms with Gasteiger partial charge in [0.05, 0.1) is 11.3 Å². The van der Waals surface area contributed by atoms with Gasteiger partial charge in [-0.3, -0.25) is 9.78 Å². The number of aromatic nitrogens is 2. The van der Waals surface area contributed by atoms with Gasteiger partial charge in [0, 0.05) is 23.3 Å². The van der Waals surface area contributed by atoms with Crippen LogP contribution in [-0.2, 0) is 0 Å². The Kier molecular flexibility index (Phi) is 3.84. The van der Waals surface area contributed by atoms with E-state index in [4.69, 9.17) is 4.42 Å². The van der Waals surface area contributed by atoms with E-state index in [0.717, 1.165) is 27.4 Å². The van der Waals surface area contributed by atoms with Crippen molar-refractivity contribution >= 4 is 33.5 Å². The number of para-hydroxylation sites is 1. The van der Waals surface area contributed by atoms with Gasteiger partial charge >= 0.3 is 0 Å². The quantitative estimate of drug-likeness (QED) is 0.471. The van der Waals surface area contributed by atoms with E-state index in [1.165, 1.54) is 0 Å². The minimum Gasteiger partial charge on any atom is -0.435 e. The fraction of sp³-hybridized carbons (Fsp3) is 0. The normalized spacial score (nSPS) is 11.0. The summed E-state index contributed by atoms with van der Waals surface area (Å²) in [5, 5.41) is 5.05. The lowest BCUT2D eigenvalue weighted by molar-refractivity contribution is 0.102. The predicted molar refractivity (Wildman–Crippen MR) is 109 cm³/mol. The largest absolute Gasteiger partial charge is 0.435 e. The summed E-state index contributed by atoms with van der Waals surface area (Å²) < 4.78 is 6.12. The van der Waals surface area contributed by atoms with Gasteiger partial charge in [-0.25, -0.2) is 4.98 Å². The number of pyridine rings is 1. The molecule has 0 saturated carbocycles. The van der Waals surface area contributed by atoms with Crippen LogP contribution in [0.15, 0.2) is 89.6 Å². The van der Waals surface area contributed by atoms with Crippen LogP contribution in [0.1, 0.15) is 10.4 Å². The zero-order valence-electron chi connectivity index (χ0n) is 14.8. The summed E-state index contributed by atoms with van der Waals surface area (Å²) in [5.41, 5.74) is 3.42. The van der Waals surface area contributed by atoms with Gasteiger partial charge in [-0.15, -0.1) is 0 Å². The summed E-state index contributed by atoms with van der Waals surface area (Å²) in [6.45, 7) is 0. The topological polar surface area (TPSA) is 68.0 Å². The molecule has 5 heteroatoms. The Hall–Kier alpha value is -3.99. The molecule has 0 atom stereocenters. The number of rotatable bonds is 3. The van der Waals surface area contributed by atoms with Crippen molar-refractivity contribution in [1.29, 1.82) is 0 Å². The third-order valence-electron chi connectivity index (χ3n) is 4.63. The van der Waals surface area contributed by atoms with Crippen molar-refractivity contribution in [2.75, 3.05) is 5.32 Å². The van der Waals surface area contributed by atoms with Crippen LogP contribution in [0.25, 0.3) is 33.3 Å². The van der Waals surface area contributed by atoms with E-state index < -0.39 is 0 Å². The number of nitrogens with zero attached hydrogens (tertiary/aromatic N) is 2. The van der Waals surface area contributed by atoms with Gasteiger partial charge in [-0.05, 0) is 35.7 Å². The lowest BCUT2D eigenvalue weighted by Crippen LogP contribution is -2.12. The van der Waals surface area contributed by atoms with Crippen molar-refractivity contribution in [3.8, 4) is 11.5 Å². The molecular weight excluding hydrogens is 350 g/mol. The summed E-state index contributed by atoms with van der Waals surface area (Å²) in [6, 6.07) is 22.8. The van der Waals surface area contributed by atoms with E-state index in [-0.39, 0.29) is 5.91 Å². The van der Waals surface area contributed by atoms with Gasteiger partial charge in [0.1, 0.15) is 5.52 Å². The lowest BCUT2D eigenvalue weighted by atomic mass is 10.1. The highest BCUT2D eigenvalue weighted by Gasteiger charge is 2.16. The molecule has 0 saturated heterocycles. The molecule has 5 aromatic rings. The highest BCUT2D eigenvalue weighted by molar-refractivity contribution is 6.07. The van der Waals surface area contributed by atoms with Crippen molar-refractivity contribution in [3.63, 3.8) is 0 Å². The molecule has 5 rings (SSSR count). The van der Waals surface area contributed by atoms with Crippen molar-refractivity contribution in [2.45, 2.75) is 0 Å². The van der Waals surface area contributed by atoms with Crippen LogP contribution in [0.2, 0.25) is 0 Å². The summed E-state index contributed by atoms with van der Waals surface area (Å²) in [6.07, 6.45) is 3.18. The molecule has 5 nitrogen and oxygen atoms in total. The number of oxazole rings is 1. The van der Waals surface area contributed by atoms with Crippen LogP contribution in [0.5, 0.6) is 0 Å². The number of anilines is 1. The smallest absolute Gasteiger partial charge is 0.255 e. The second kappa shape index (κ2) is 6.63. The van der Waals surface area contributed by atoms with Gasteiger partial charge < -0.3 is 9.73 Å². The molecule has 0 spiro atoms. The Morgan fingerprint density at radius 1 is 0.857 bits per heavy atom. The predicted octanol–water partition coefficient (Wildman–Crippen LogP) is 5.30. The first-order valence-corrected chi connectivity index (χ1v) is 8.89. The summed E-state index contributed by atoms with van der Waals surface area (Å²) in [4.78, 5) is 21.1. The summed E-state index contributed by atoms with van der Waals surface area (Å²) in [7, 11) is 0. The molecule has 0 aliphatic carbocycles. The van der Waals surface area contributed by atoms with Crippen molar-refractivity contribution in [1.82, 2.24) is 9.97 Å². The number of fused-ring (bicyclic) bond motifs is 3. The molecule has 0 unspecified atom stereocenters. The molecule has 0 radical (unpaired) electrons. The molecule has 2 aromatic heterocycles. The standard InChI is InChI=1S/C23H15N3O2/c27-22(16-11-13-24-14-12-16)25-19-8-4-3-7-18(19)23-26-20-10-9-15-5-1-2-6-17(15)21(20)28-23/h1-14H,(H,25,27). The average Bonchev–Trinajstić information content (AvgIpc) is 3.19. The Labute approximate surface area is 160 Å². The highest BCUT2D eigenvalue weighted by Crippen LogP contribution is 2.33. The number of amides is 1. The number of carbonyl (C=O) groups is 1. The SMILES string of the molecule is O=C(Nc1ccccc1-c1nc2ccc3ccccc3c2o1)c1ccncc1. The third-order valence-corrected chi connectivity index (χ3v) is 4.63. The maximum atomic E-state index is 12.6. The Bertz CT molecular complexity index is 1310. The molecule has 3 aromatic carbocycles. The van der Waals surface area contributed by atoms with Gasteiger partial charge in [0.2, 0.25) is 5.89 Å². The first-order chi connectivity index (χ1) is 13.8. The molecule has 0 aliphatic heterocycles. The molecule has 134 valence electrons. The molecule has 0 bridgehead atoms. The van der Waals surface area contributed by atoms with Crippen LogP contribution in [0.3, 0.4) is 0 Å². The van der Waals surface area contributed by atoms with Crippen LogP contribution in [0.4, 0.5) is 5.69 Å². The van der Waals surface area contributed by atoms with Crippen LogP contribution < -0.4 is 5.32 Å². The molecule has 1 N–H and O–H groups in total. The maximum Gasteiger partial charge on any atom is 0.255 e. The Morgan fingerprint density at radius 2 is 1.64 bits per heavy atom. The molecule has 0 aliphatic rings. The van der Waals surface area contributed by atoms with E-state index in [1.807, 2.05) is 60.7 Å². The number of benzene rings is 3. The zero-order valence-corrected chi connectivity index (χ0v) is 14.8. The first-order valence-electron chi connectivity index (χ1n) is 8.89. The van der Waals surface area contributed by atoms with E-state index in [1.54, 1.807) is 24.5 Å². The second-order valence-corrected chi connectivity index (χ2v) is 6.39. The third kappa shape index (κ3) is 2.79. The number of hydrogen-bond donors (Lipinski definition) is 1. The van der Waals surface area contributed by atoms with Crippen LogP contribution >= 0.6 is 0 Å². The molecular formula is C23H15N3O2. The van der Waals surface area contributed by atoms with E-state index >= 15 is 0 Å². The number of carbonyl (C=O) groups excluding carboxylic acids is 1. The number of nitrogens with one attached hydrogen (secondary N) is 1. The molecule has 0 fully saturated rings. The minimum atomic E-state index is -0.212. The number of hydrogen-bond acceptors (Lipinski definition) is 4. The minimum absolute atomic E-state index is 0.212. The Morgan fingerprint density at radius 3 is 2.54 bits per heavy atom. The Balaban J connectivity index is 1.59. The van der Waals surface area contributed by atoms with E-state index in [0.29, 0.717) is 17.1 Å². The van der Waals surface area contributed by atoms with Crippen molar-refractivity contribution in [2.24, 2.45) is 0 Å². The molecule has 2 heterocycles. The van der Waals surface area contributed by atoms with Crippen molar-refractivity contribution in [3.05, 3.63) is 90.8 Å². The van der Waals surface area contributed by atoms with Crippen molar-refractivity contribution < 1.29 is 9.21 Å². The monoisotopic (exact) mass is 365 g/mol. The average molecular weight is 365 g/mol. The van der Waals surface area contributed by atoms with Crippen LogP contribution in [-0.4, -0.2) is 15.9 Å². The highest BCUT2D eigenvalue weighted by atomic mass is 16.3. The summed E-state index contributed by atoms with van der Waals surface area (Å²) in [5.74, 6) is 0.258. The molecule has 1 amide bonds. The summed E-state index contributed by atoms with van der Waals surface area (Å²) >= 11 is 0. The fourth-order valence-electron chi connectivity index (χ4n) is 3.25. The van der Waals surface area contributed by atoms with Gasteiger partial charge in [0.25, 0.3) is 5.91 Å². The fourth-order valence-corrected chi connectivity index (χ4v) is 3.25. The lowest BCUT2D eigenvalue weighted by Gasteiger charge is -2.08. The first kappa shape index (κ1) is 16.2.